The van der Waals surface area contributed by atoms with Crippen LogP contribution < -0.4 is 28.4 Å². The highest BCUT2D eigenvalue weighted by Gasteiger charge is 2.40. The Balaban J connectivity index is 2.22. The second-order valence-electron chi connectivity index (χ2n) is 6.31. The summed E-state index contributed by atoms with van der Waals surface area (Å²) >= 11 is 6.98. The number of esters is 2. The molecule has 4 rings (SSSR count). The van der Waals surface area contributed by atoms with E-state index >= 15 is 0 Å². The Morgan fingerprint density at radius 3 is 1.31 bits per heavy atom. The van der Waals surface area contributed by atoms with Gasteiger partial charge in [0.2, 0.25) is 25.1 Å². The highest BCUT2D eigenvalue weighted by atomic mass is 79.9. The van der Waals surface area contributed by atoms with Gasteiger partial charge in [-0.25, -0.2) is 9.59 Å². The molecule has 0 aliphatic carbocycles. The van der Waals surface area contributed by atoms with Crippen LogP contribution in [0.3, 0.4) is 0 Å². The summed E-state index contributed by atoms with van der Waals surface area (Å²) in [6.45, 7) is -0.276. The quantitative estimate of drug-likeness (QED) is 0.487. The first-order valence-corrected chi connectivity index (χ1v) is 10.5. The van der Waals surface area contributed by atoms with Gasteiger partial charge in [-0.1, -0.05) is 0 Å². The third kappa shape index (κ3) is 3.12. The van der Waals surface area contributed by atoms with Crippen LogP contribution in [-0.4, -0.2) is 54.0 Å². The smallest absolute Gasteiger partial charge is 0.342 e. The van der Waals surface area contributed by atoms with Crippen LogP contribution in [0, 0.1) is 0 Å². The summed E-state index contributed by atoms with van der Waals surface area (Å²) in [5, 5.41) is 0. The molecule has 2 aliphatic rings. The largest absolute Gasteiger partial charge is 0.492 e. The Morgan fingerprint density at radius 2 is 1.00 bits per heavy atom. The zero-order valence-corrected chi connectivity index (χ0v) is 20.4. The SMILES string of the molecule is COC(=O)c1c2c(c(OC)c(Br)c1-c1c(Br)c(OC)c3c(c1C(=O)OC)OCO3)OCO2. The van der Waals surface area contributed by atoms with Crippen LogP contribution in [0.4, 0.5) is 0 Å². The molecule has 0 spiro atoms. The van der Waals surface area contributed by atoms with E-state index in [4.69, 9.17) is 37.9 Å². The number of carbonyl (C=O) groups excluding carboxylic acids is 2. The maximum absolute atomic E-state index is 12.9. The topological polar surface area (TPSA) is 108 Å². The molecule has 2 heterocycles. The minimum Gasteiger partial charge on any atom is -0.492 e. The van der Waals surface area contributed by atoms with E-state index in [1.165, 1.54) is 28.4 Å². The maximum Gasteiger partial charge on any atom is 0.342 e. The van der Waals surface area contributed by atoms with E-state index in [-0.39, 0.29) is 70.3 Å². The van der Waals surface area contributed by atoms with Crippen molar-refractivity contribution in [3.05, 3.63) is 20.1 Å². The zero-order chi connectivity index (χ0) is 23.2. The molecule has 0 radical (unpaired) electrons. The van der Waals surface area contributed by atoms with Gasteiger partial charge in [0.1, 0.15) is 11.1 Å². The van der Waals surface area contributed by atoms with Gasteiger partial charge >= 0.3 is 11.9 Å². The molecule has 0 amide bonds. The molecule has 0 saturated carbocycles. The number of fused-ring (bicyclic) bond motifs is 2. The highest BCUT2D eigenvalue weighted by Crippen LogP contribution is 2.59. The Morgan fingerprint density at radius 1 is 0.656 bits per heavy atom. The van der Waals surface area contributed by atoms with Gasteiger partial charge in [0.25, 0.3) is 0 Å². The minimum absolute atomic E-state index is 0.000513. The van der Waals surface area contributed by atoms with Crippen molar-refractivity contribution in [2.45, 2.75) is 0 Å². The van der Waals surface area contributed by atoms with Crippen molar-refractivity contribution in [3.8, 4) is 45.6 Å². The first kappa shape index (κ1) is 22.3. The zero-order valence-electron chi connectivity index (χ0n) is 17.3. The van der Waals surface area contributed by atoms with Crippen LogP contribution in [0.5, 0.6) is 34.5 Å². The number of halogens is 2. The number of hydrogen-bond donors (Lipinski definition) is 0. The Kier molecular flexibility index (Phi) is 5.99. The lowest BCUT2D eigenvalue weighted by molar-refractivity contribution is 0.0584. The number of methoxy groups -OCH3 is 4. The molecule has 2 aliphatic heterocycles. The van der Waals surface area contributed by atoms with Gasteiger partial charge in [-0.15, -0.1) is 0 Å². The normalized spacial score (nSPS) is 13.1. The number of benzene rings is 2. The molecular weight excluding hydrogens is 560 g/mol. The third-order valence-electron chi connectivity index (χ3n) is 4.87. The first-order chi connectivity index (χ1) is 15.4. The fraction of sp³-hybridized carbons (Fsp3) is 0.300. The molecule has 2 aromatic rings. The van der Waals surface area contributed by atoms with E-state index in [0.29, 0.717) is 8.95 Å². The van der Waals surface area contributed by atoms with Gasteiger partial charge in [0.05, 0.1) is 37.4 Å². The summed E-state index contributed by atoms with van der Waals surface area (Å²) in [4.78, 5) is 25.9. The lowest BCUT2D eigenvalue weighted by atomic mass is 9.92. The number of carbonyl (C=O) groups is 2. The molecule has 0 unspecified atom stereocenters. The van der Waals surface area contributed by atoms with Crippen molar-refractivity contribution in [2.24, 2.45) is 0 Å². The summed E-state index contributed by atoms with van der Waals surface area (Å²) < 4.78 is 43.9. The molecule has 32 heavy (non-hydrogen) atoms. The van der Waals surface area contributed by atoms with Crippen LogP contribution in [0.15, 0.2) is 8.95 Å². The monoisotopic (exact) mass is 574 g/mol. The predicted octanol–water partition coefficient (Wildman–Crippen LogP) is 3.93. The summed E-state index contributed by atoms with van der Waals surface area (Å²) in [5.74, 6) is -0.329. The third-order valence-corrected chi connectivity index (χ3v) is 6.38. The van der Waals surface area contributed by atoms with Gasteiger partial charge in [-0.05, 0) is 31.9 Å². The Bertz CT molecular complexity index is 1060. The predicted molar refractivity (Wildman–Crippen MR) is 115 cm³/mol. The van der Waals surface area contributed by atoms with Crippen molar-refractivity contribution in [1.82, 2.24) is 0 Å². The molecule has 0 saturated heterocycles. The van der Waals surface area contributed by atoms with Gasteiger partial charge in [0, 0.05) is 11.1 Å². The van der Waals surface area contributed by atoms with Gasteiger partial charge in [0.15, 0.2) is 23.0 Å². The number of hydrogen-bond acceptors (Lipinski definition) is 10. The van der Waals surface area contributed by atoms with Gasteiger partial charge < -0.3 is 37.9 Å². The Labute approximate surface area is 198 Å². The lowest BCUT2D eigenvalue weighted by Gasteiger charge is -2.21. The fourth-order valence-corrected chi connectivity index (χ4v) is 5.04. The number of ether oxygens (including phenoxy) is 8. The summed E-state index contributed by atoms with van der Waals surface area (Å²) in [7, 11) is 5.31. The molecule has 12 heteroatoms. The maximum atomic E-state index is 12.9. The van der Waals surface area contributed by atoms with E-state index in [1.54, 1.807) is 0 Å². The van der Waals surface area contributed by atoms with Crippen molar-refractivity contribution in [1.29, 1.82) is 0 Å². The minimum atomic E-state index is -0.732. The van der Waals surface area contributed by atoms with E-state index in [9.17, 15) is 9.59 Å². The average molecular weight is 576 g/mol. The van der Waals surface area contributed by atoms with Crippen molar-refractivity contribution < 1.29 is 47.5 Å². The van der Waals surface area contributed by atoms with E-state index < -0.39 is 11.9 Å². The average Bonchev–Trinajstić information content (AvgIpc) is 3.46. The van der Waals surface area contributed by atoms with Gasteiger partial charge in [-0.3, -0.25) is 0 Å². The van der Waals surface area contributed by atoms with E-state index in [0.717, 1.165) is 0 Å². The molecule has 0 aromatic heterocycles. The fourth-order valence-electron chi connectivity index (χ4n) is 3.57. The van der Waals surface area contributed by atoms with E-state index in [2.05, 4.69) is 31.9 Å². The first-order valence-electron chi connectivity index (χ1n) is 8.96. The van der Waals surface area contributed by atoms with Crippen molar-refractivity contribution in [2.75, 3.05) is 42.0 Å². The molecule has 2 aromatic carbocycles. The van der Waals surface area contributed by atoms with Crippen LogP contribution in [-0.2, 0) is 9.47 Å². The van der Waals surface area contributed by atoms with Gasteiger partial charge in [-0.2, -0.15) is 0 Å². The van der Waals surface area contributed by atoms with Crippen LogP contribution >= 0.6 is 31.9 Å². The molecule has 0 fully saturated rings. The molecule has 0 atom stereocenters. The van der Waals surface area contributed by atoms with Crippen molar-refractivity contribution >= 4 is 43.8 Å². The highest BCUT2D eigenvalue weighted by molar-refractivity contribution is 9.11. The second kappa shape index (κ2) is 8.58. The van der Waals surface area contributed by atoms with Crippen molar-refractivity contribution in [3.63, 3.8) is 0 Å². The molecule has 0 N–H and O–H groups in total. The second-order valence-corrected chi connectivity index (χ2v) is 7.89. The lowest BCUT2D eigenvalue weighted by Crippen LogP contribution is -2.12. The summed E-state index contributed by atoms with van der Waals surface area (Å²) in [6, 6.07) is 0. The number of rotatable bonds is 5. The van der Waals surface area contributed by atoms with Crippen LogP contribution in [0.25, 0.3) is 11.1 Å². The molecule has 0 bridgehead atoms. The molecular formula is C20H16Br2O10. The van der Waals surface area contributed by atoms with Crippen LogP contribution in [0.2, 0.25) is 0 Å². The Hall–Kier alpha value is -2.86. The summed E-state index contributed by atoms with van der Waals surface area (Å²) in [6.07, 6.45) is 0. The summed E-state index contributed by atoms with van der Waals surface area (Å²) in [5.41, 5.74) is 0.419. The standard InChI is InChI=1S/C20H16Br2O10/c1-25-15-11(21)7(9(19(23)27-3)13-17(15)31-5-29-13)8-10(20(24)28-4)14-18(32-6-30-14)16(26-2)12(8)22/h5-6H2,1-4H3. The van der Waals surface area contributed by atoms with E-state index in [1.807, 2.05) is 0 Å². The molecule has 10 nitrogen and oxygen atoms in total. The van der Waals surface area contributed by atoms with Crippen LogP contribution in [0.1, 0.15) is 20.7 Å². The molecule has 170 valence electrons.